The number of carbonyl (C=O) groups excluding carboxylic acids is 1. The highest BCUT2D eigenvalue weighted by atomic mass is 16.6. The predicted octanol–water partition coefficient (Wildman–Crippen LogP) is 3.06. The summed E-state index contributed by atoms with van der Waals surface area (Å²) >= 11 is 0. The summed E-state index contributed by atoms with van der Waals surface area (Å²) in [6.07, 6.45) is 6.16. The Bertz CT molecular complexity index is 550. The summed E-state index contributed by atoms with van der Waals surface area (Å²) in [7, 11) is 0. The Kier molecular flexibility index (Phi) is 3.42. The van der Waals surface area contributed by atoms with E-state index in [0.29, 0.717) is 6.54 Å². The zero-order chi connectivity index (χ0) is 14.1. The maximum Gasteiger partial charge on any atom is 0.271 e. The number of rotatable bonds is 2. The standard InChI is InChI=1S/C15H18N2O3/c18-15(12-4-2-1-3-5-12)16-9-8-11-6-7-13(17(19)20)10-14(11)16/h6-7,10,12H,1-5,8-9H2. The van der Waals surface area contributed by atoms with Gasteiger partial charge in [-0.05, 0) is 24.8 Å². The van der Waals surface area contributed by atoms with Crippen molar-refractivity contribution in [2.75, 3.05) is 11.4 Å². The molecule has 1 aliphatic heterocycles. The molecule has 1 fully saturated rings. The minimum Gasteiger partial charge on any atom is -0.311 e. The van der Waals surface area contributed by atoms with Crippen molar-refractivity contribution >= 4 is 17.3 Å². The molecule has 5 nitrogen and oxygen atoms in total. The van der Waals surface area contributed by atoms with Gasteiger partial charge in [0.1, 0.15) is 0 Å². The zero-order valence-corrected chi connectivity index (χ0v) is 11.4. The molecule has 0 atom stereocenters. The topological polar surface area (TPSA) is 63.5 Å². The summed E-state index contributed by atoms with van der Waals surface area (Å²) in [5.74, 6) is 0.262. The molecule has 0 spiro atoms. The molecule has 1 aromatic rings. The average Bonchev–Trinajstić information content (AvgIpc) is 2.90. The van der Waals surface area contributed by atoms with Gasteiger partial charge in [-0.3, -0.25) is 14.9 Å². The van der Waals surface area contributed by atoms with Gasteiger partial charge in [-0.25, -0.2) is 0 Å². The number of fused-ring (bicyclic) bond motifs is 1. The van der Waals surface area contributed by atoms with Gasteiger partial charge in [-0.1, -0.05) is 25.3 Å². The quantitative estimate of drug-likeness (QED) is 0.615. The van der Waals surface area contributed by atoms with Crippen molar-refractivity contribution in [1.29, 1.82) is 0 Å². The molecule has 1 aromatic carbocycles. The monoisotopic (exact) mass is 274 g/mol. The Morgan fingerprint density at radius 3 is 2.70 bits per heavy atom. The maximum absolute atomic E-state index is 12.6. The molecule has 1 saturated carbocycles. The highest BCUT2D eigenvalue weighted by Crippen LogP contribution is 2.35. The van der Waals surface area contributed by atoms with Crippen molar-refractivity contribution in [3.63, 3.8) is 0 Å². The first-order chi connectivity index (χ1) is 9.66. The lowest BCUT2D eigenvalue weighted by Gasteiger charge is -2.26. The van der Waals surface area contributed by atoms with E-state index in [1.54, 1.807) is 17.0 Å². The largest absolute Gasteiger partial charge is 0.311 e. The summed E-state index contributed by atoms with van der Waals surface area (Å²) < 4.78 is 0. The Labute approximate surface area is 117 Å². The van der Waals surface area contributed by atoms with E-state index in [0.717, 1.165) is 43.4 Å². The smallest absolute Gasteiger partial charge is 0.271 e. The maximum atomic E-state index is 12.6. The number of hydrogen-bond acceptors (Lipinski definition) is 3. The van der Waals surface area contributed by atoms with Gasteiger partial charge in [-0.15, -0.1) is 0 Å². The second-order valence-corrected chi connectivity index (χ2v) is 5.64. The summed E-state index contributed by atoms with van der Waals surface area (Å²) in [6, 6.07) is 4.85. The number of anilines is 1. The van der Waals surface area contributed by atoms with E-state index in [2.05, 4.69) is 0 Å². The van der Waals surface area contributed by atoms with Crippen LogP contribution in [0.3, 0.4) is 0 Å². The van der Waals surface area contributed by atoms with Crippen LogP contribution in [0, 0.1) is 16.0 Å². The van der Waals surface area contributed by atoms with Gasteiger partial charge < -0.3 is 4.90 Å². The fourth-order valence-corrected chi connectivity index (χ4v) is 3.28. The van der Waals surface area contributed by atoms with Gasteiger partial charge in [0.05, 0.1) is 10.6 Å². The van der Waals surface area contributed by atoms with Crippen LogP contribution in [0.2, 0.25) is 0 Å². The van der Waals surface area contributed by atoms with Gasteiger partial charge >= 0.3 is 0 Å². The lowest BCUT2D eigenvalue weighted by molar-refractivity contribution is -0.384. The molecular weight excluding hydrogens is 256 g/mol. The number of benzene rings is 1. The highest BCUT2D eigenvalue weighted by molar-refractivity contribution is 5.97. The van der Waals surface area contributed by atoms with Gasteiger partial charge in [0.2, 0.25) is 5.91 Å². The number of amides is 1. The van der Waals surface area contributed by atoms with Gasteiger partial charge in [-0.2, -0.15) is 0 Å². The van der Waals surface area contributed by atoms with E-state index in [1.165, 1.54) is 12.5 Å². The Morgan fingerprint density at radius 2 is 2.00 bits per heavy atom. The molecular formula is C15H18N2O3. The van der Waals surface area contributed by atoms with Crippen molar-refractivity contribution in [3.05, 3.63) is 33.9 Å². The van der Waals surface area contributed by atoms with Crippen LogP contribution in [-0.2, 0) is 11.2 Å². The number of carbonyl (C=O) groups is 1. The Morgan fingerprint density at radius 1 is 1.25 bits per heavy atom. The minimum atomic E-state index is -0.401. The number of nitrogens with zero attached hydrogens (tertiary/aromatic N) is 2. The SMILES string of the molecule is O=C(C1CCCCC1)N1CCc2ccc([N+](=O)[O-])cc21. The molecule has 1 aliphatic carbocycles. The van der Waals surface area contributed by atoms with Crippen LogP contribution >= 0.6 is 0 Å². The summed E-state index contributed by atoms with van der Waals surface area (Å²) in [4.78, 5) is 24.8. The van der Waals surface area contributed by atoms with Crippen LogP contribution in [0.5, 0.6) is 0 Å². The predicted molar refractivity (Wildman–Crippen MR) is 75.7 cm³/mol. The van der Waals surface area contributed by atoms with Crippen LogP contribution in [0.25, 0.3) is 0 Å². The number of non-ortho nitro benzene ring substituents is 1. The van der Waals surface area contributed by atoms with Gasteiger partial charge in [0.25, 0.3) is 5.69 Å². The molecule has 20 heavy (non-hydrogen) atoms. The van der Waals surface area contributed by atoms with Crippen molar-refractivity contribution in [1.82, 2.24) is 0 Å². The second-order valence-electron chi connectivity index (χ2n) is 5.64. The minimum absolute atomic E-state index is 0.0621. The fourth-order valence-electron chi connectivity index (χ4n) is 3.28. The van der Waals surface area contributed by atoms with Crippen LogP contribution in [0.1, 0.15) is 37.7 Å². The Hall–Kier alpha value is -1.91. The van der Waals surface area contributed by atoms with Crippen LogP contribution < -0.4 is 4.90 Å². The summed E-state index contributed by atoms with van der Waals surface area (Å²) in [5.41, 5.74) is 1.85. The number of hydrogen-bond donors (Lipinski definition) is 0. The fraction of sp³-hybridized carbons (Fsp3) is 0.533. The average molecular weight is 274 g/mol. The molecule has 0 bridgehead atoms. The molecule has 5 heteroatoms. The highest BCUT2D eigenvalue weighted by Gasteiger charge is 2.31. The first-order valence-corrected chi connectivity index (χ1v) is 7.25. The molecule has 0 N–H and O–H groups in total. The summed E-state index contributed by atoms with van der Waals surface area (Å²) in [6.45, 7) is 0.659. The lowest BCUT2D eigenvalue weighted by atomic mass is 9.88. The van der Waals surface area contributed by atoms with Gasteiger partial charge in [0.15, 0.2) is 0 Å². The van der Waals surface area contributed by atoms with E-state index in [4.69, 9.17) is 0 Å². The molecule has 1 amide bonds. The van der Waals surface area contributed by atoms with Crippen molar-refractivity contribution in [2.24, 2.45) is 5.92 Å². The van der Waals surface area contributed by atoms with Gasteiger partial charge in [0, 0.05) is 24.6 Å². The van der Waals surface area contributed by atoms with Crippen LogP contribution in [0.15, 0.2) is 18.2 Å². The molecule has 0 unspecified atom stereocenters. The third kappa shape index (κ3) is 2.28. The third-order valence-electron chi connectivity index (χ3n) is 4.40. The molecule has 0 radical (unpaired) electrons. The normalized spacial score (nSPS) is 18.9. The van der Waals surface area contributed by atoms with E-state index < -0.39 is 4.92 Å². The first kappa shape index (κ1) is 13.1. The molecule has 3 rings (SSSR count). The first-order valence-electron chi connectivity index (χ1n) is 7.25. The molecule has 106 valence electrons. The molecule has 0 aromatic heterocycles. The molecule has 2 aliphatic rings. The van der Waals surface area contributed by atoms with E-state index in [9.17, 15) is 14.9 Å². The van der Waals surface area contributed by atoms with E-state index in [-0.39, 0.29) is 17.5 Å². The van der Waals surface area contributed by atoms with E-state index in [1.807, 2.05) is 0 Å². The number of nitro benzene ring substituents is 1. The van der Waals surface area contributed by atoms with E-state index >= 15 is 0 Å². The molecule has 0 saturated heterocycles. The summed E-state index contributed by atoms with van der Waals surface area (Å²) in [5, 5.41) is 10.9. The molecule has 1 heterocycles. The number of nitro groups is 1. The van der Waals surface area contributed by atoms with Crippen molar-refractivity contribution < 1.29 is 9.72 Å². The second kappa shape index (κ2) is 5.23. The Balaban J connectivity index is 1.85. The van der Waals surface area contributed by atoms with Crippen molar-refractivity contribution in [2.45, 2.75) is 38.5 Å². The third-order valence-corrected chi connectivity index (χ3v) is 4.40. The lowest BCUT2D eigenvalue weighted by Crippen LogP contribution is -2.35. The van der Waals surface area contributed by atoms with Crippen LogP contribution in [-0.4, -0.2) is 17.4 Å². The zero-order valence-electron chi connectivity index (χ0n) is 11.4. The van der Waals surface area contributed by atoms with Crippen molar-refractivity contribution in [3.8, 4) is 0 Å². The van der Waals surface area contributed by atoms with Crippen LogP contribution in [0.4, 0.5) is 11.4 Å².